The summed E-state index contributed by atoms with van der Waals surface area (Å²) in [5.41, 5.74) is 8.06. The van der Waals surface area contributed by atoms with E-state index in [1.54, 1.807) is 0 Å². The van der Waals surface area contributed by atoms with Gasteiger partial charge >= 0.3 is 0 Å². The minimum absolute atomic E-state index is 0.0917. The average molecular weight is 287 g/mol. The van der Waals surface area contributed by atoms with Crippen molar-refractivity contribution in [3.8, 4) is 11.1 Å². The van der Waals surface area contributed by atoms with Crippen LogP contribution < -0.4 is 5.32 Å². The smallest absolute Gasteiger partial charge is 0.0390 e. The first-order chi connectivity index (χ1) is 10.7. The minimum atomic E-state index is 0.0917. The summed E-state index contributed by atoms with van der Waals surface area (Å²) in [6, 6.07) is 15.6. The molecule has 0 heterocycles. The standard InChI is InChI=1S/C21H21N/c1-21(2)19-11-7-6-10-17(19)18-14-16(12-13-20(18)21)22-15-8-4-3-5-9-15/h4,6-14,22H,3,5H2,1-2H3. The van der Waals surface area contributed by atoms with E-state index in [0.717, 1.165) is 12.8 Å². The zero-order chi connectivity index (χ0) is 15.2. The summed E-state index contributed by atoms with van der Waals surface area (Å²) in [5.74, 6) is 0. The SMILES string of the molecule is CC1(C)c2ccccc2-c2cc(NC3=CCCC=C3)ccc21. The fourth-order valence-corrected chi connectivity index (χ4v) is 3.67. The molecule has 2 aromatic rings. The number of hydrogen-bond acceptors (Lipinski definition) is 1. The molecule has 0 saturated carbocycles. The Bertz CT molecular complexity index is 793. The molecule has 1 N–H and O–H groups in total. The highest BCUT2D eigenvalue weighted by Gasteiger charge is 2.34. The average Bonchev–Trinajstić information content (AvgIpc) is 2.77. The highest BCUT2D eigenvalue weighted by molar-refractivity contribution is 5.83. The second-order valence-corrected chi connectivity index (χ2v) is 6.70. The Labute approximate surface area is 132 Å². The predicted molar refractivity (Wildman–Crippen MR) is 94.1 cm³/mol. The Morgan fingerprint density at radius 1 is 0.909 bits per heavy atom. The van der Waals surface area contributed by atoms with Crippen molar-refractivity contribution in [1.82, 2.24) is 0 Å². The van der Waals surface area contributed by atoms with E-state index in [-0.39, 0.29) is 5.41 Å². The second kappa shape index (κ2) is 4.88. The van der Waals surface area contributed by atoms with Crippen LogP contribution in [0, 0.1) is 0 Å². The normalized spacial score (nSPS) is 17.6. The number of rotatable bonds is 2. The van der Waals surface area contributed by atoms with Crippen LogP contribution in [0.2, 0.25) is 0 Å². The Hall–Kier alpha value is -2.28. The number of hydrogen-bond donors (Lipinski definition) is 1. The van der Waals surface area contributed by atoms with Gasteiger partial charge in [0.2, 0.25) is 0 Å². The van der Waals surface area contributed by atoms with Crippen molar-refractivity contribution in [1.29, 1.82) is 0 Å². The minimum Gasteiger partial charge on any atom is -0.356 e. The second-order valence-electron chi connectivity index (χ2n) is 6.70. The maximum atomic E-state index is 3.54. The maximum absolute atomic E-state index is 3.54. The van der Waals surface area contributed by atoms with E-state index in [1.165, 1.54) is 33.6 Å². The largest absolute Gasteiger partial charge is 0.356 e. The van der Waals surface area contributed by atoms with Crippen LogP contribution >= 0.6 is 0 Å². The number of nitrogens with one attached hydrogen (secondary N) is 1. The van der Waals surface area contributed by atoms with Crippen LogP contribution in [0.15, 0.2) is 66.4 Å². The van der Waals surface area contributed by atoms with Crippen LogP contribution in [0.3, 0.4) is 0 Å². The number of anilines is 1. The van der Waals surface area contributed by atoms with E-state index < -0.39 is 0 Å². The Morgan fingerprint density at radius 3 is 2.55 bits per heavy atom. The van der Waals surface area contributed by atoms with Crippen molar-refractivity contribution in [3.05, 3.63) is 77.5 Å². The molecule has 0 spiro atoms. The van der Waals surface area contributed by atoms with E-state index in [4.69, 9.17) is 0 Å². The van der Waals surface area contributed by atoms with Crippen molar-refractivity contribution < 1.29 is 0 Å². The van der Waals surface area contributed by atoms with Gasteiger partial charge in [-0.1, -0.05) is 56.3 Å². The van der Waals surface area contributed by atoms with Gasteiger partial charge in [-0.05, 0) is 53.3 Å². The van der Waals surface area contributed by atoms with Gasteiger partial charge in [-0.3, -0.25) is 0 Å². The summed E-state index contributed by atoms with van der Waals surface area (Å²) in [4.78, 5) is 0. The zero-order valence-corrected chi connectivity index (χ0v) is 13.2. The summed E-state index contributed by atoms with van der Waals surface area (Å²) in [6.45, 7) is 4.63. The van der Waals surface area contributed by atoms with Crippen LogP contribution in [0.4, 0.5) is 5.69 Å². The molecule has 1 nitrogen and oxygen atoms in total. The third-order valence-corrected chi connectivity index (χ3v) is 4.87. The fourth-order valence-electron chi connectivity index (χ4n) is 3.67. The molecule has 22 heavy (non-hydrogen) atoms. The van der Waals surface area contributed by atoms with E-state index >= 15 is 0 Å². The molecule has 2 aromatic carbocycles. The van der Waals surface area contributed by atoms with E-state index in [9.17, 15) is 0 Å². The third-order valence-electron chi connectivity index (χ3n) is 4.87. The van der Waals surface area contributed by atoms with Gasteiger partial charge < -0.3 is 5.32 Å². The molecule has 2 aliphatic carbocycles. The lowest BCUT2D eigenvalue weighted by atomic mass is 9.82. The van der Waals surface area contributed by atoms with Crippen molar-refractivity contribution >= 4 is 5.69 Å². The van der Waals surface area contributed by atoms with Crippen LogP contribution in [0.1, 0.15) is 37.8 Å². The molecule has 1 heteroatoms. The molecule has 4 rings (SSSR count). The van der Waals surface area contributed by atoms with Gasteiger partial charge in [0.1, 0.15) is 0 Å². The zero-order valence-electron chi connectivity index (χ0n) is 13.2. The molecule has 0 fully saturated rings. The first-order valence-corrected chi connectivity index (χ1v) is 8.04. The van der Waals surface area contributed by atoms with E-state index in [2.05, 4.69) is 79.9 Å². The lowest BCUT2D eigenvalue weighted by Crippen LogP contribution is -2.14. The number of fused-ring (bicyclic) bond motifs is 3. The molecule has 0 aliphatic heterocycles. The van der Waals surface area contributed by atoms with Crippen LogP contribution in [-0.4, -0.2) is 0 Å². The van der Waals surface area contributed by atoms with Crippen LogP contribution in [0.25, 0.3) is 11.1 Å². The molecule has 110 valence electrons. The molecule has 2 aliphatic rings. The quantitative estimate of drug-likeness (QED) is 0.753. The van der Waals surface area contributed by atoms with Gasteiger partial charge in [-0.15, -0.1) is 0 Å². The van der Waals surface area contributed by atoms with Crippen molar-refractivity contribution in [2.24, 2.45) is 0 Å². The van der Waals surface area contributed by atoms with Crippen LogP contribution in [-0.2, 0) is 5.41 Å². The Kier molecular flexibility index (Phi) is 2.97. The molecule has 0 bridgehead atoms. The molecule has 0 radical (unpaired) electrons. The van der Waals surface area contributed by atoms with Gasteiger partial charge in [-0.2, -0.15) is 0 Å². The Balaban J connectivity index is 1.77. The lowest BCUT2D eigenvalue weighted by Gasteiger charge is -2.21. The summed E-state index contributed by atoms with van der Waals surface area (Å²) in [5, 5.41) is 3.54. The van der Waals surface area contributed by atoms with Crippen molar-refractivity contribution in [2.45, 2.75) is 32.1 Å². The maximum Gasteiger partial charge on any atom is 0.0390 e. The monoisotopic (exact) mass is 287 g/mol. The molecule has 0 saturated heterocycles. The summed E-state index contributed by atoms with van der Waals surface area (Å²) in [6.07, 6.45) is 8.95. The Morgan fingerprint density at radius 2 is 1.73 bits per heavy atom. The number of benzene rings is 2. The topological polar surface area (TPSA) is 12.0 Å². The summed E-state index contributed by atoms with van der Waals surface area (Å²) in [7, 11) is 0. The summed E-state index contributed by atoms with van der Waals surface area (Å²) < 4.78 is 0. The van der Waals surface area contributed by atoms with E-state index in [0.29, 0.717) is 0 Å². The lowest BCUT2D eigenvalue weighted by molar-refractivity contribution is 0.660. The van der Waals surface area contributed by atoms with Crippen LogP contribution in [0.5, 0.6) is 0 Å². The van der Waals surface area contributed by atoms with Crippen molar-refractivity contribution in [3.63, 3.8) is 0 Å². The van der Waals surface area contributed by atoms with Crippen molar-refractivity contribution in [2.75, 3.05) is 5.32 Å². The van der Waals surface area contributed by atoms with Gasteiger partial charge in [0.15, 0.2) is 0 Å². The molecule has 0 atom stereocenters. The van der Waals surface area contributed by atoms with Gasteiger partial charge in [0, 0.05) is 16.8 Å². The number of allylic oxidation sites excluding steroid dienone is 3. The van der Waals surface area contributed by atoms with Gasteiger partial charge in [0.05, 0.1) is 0 Å². The molecular formula is C21H21N. The third kappa shape index (κ3) is 2.00. The fraction of sp³-hybridized carbons (Fsp3) is 0.238. The molecular weight excluding hydrogens is 266 g/mol. The highest BCUT2D eigenvalue weighted by atomic mass is 14.9. The molecule has 0 unspecified atom stereocenters. The first kappa shape index (κ1) is 13.4. The predicted octanol–water partition coefficient (Wildman–Crippen LogP) is 5.64. The van der Waals surface area contributed by atoms with E-state index in [1.807, 2.05) is 0 Å². The molecule has 0 amide bonds. The van der Waals surface area contributed by atoms with Gasteiger partial charge in [-0.25, -0.2) is 0 Å². The summed E-state index contributed by atoms with van der Waals surface area (Å²) >= 11 is 0. The first-order valence-electron chi connectivity index (χ1n) is 8.04. The van der Waals surface area contributed by atoms with Gasteiger partial charge in [0.25, 0.3) is 0 Å². The molecule has 0 aromatic heterocycles. The highest BCUT2D eigenvalue weighted by Crippen LogP contribution is 2.49.